The summed E-state index contributed by atoms with van der Waals surface area (Å²) < 4.78 is 27.2. The summed E-state index contributed by atoms with van der Waals surface area (Å²) in [6.45, 7) is 0.619. The SMILES string of the molecule is FC1(F)CCN(Cc2cncc(-c3ccc4[nH]nc(-c5cc6c(-c7cccs7)cccc6[nH]5)c4n3)c2)C1. The molecule has 9 heteroatoms. The van der Waals surface area contributed by atoms with E-state index in [1.54, 1.807) is 28.6 Å². The van der Waals surface area contributed by atoms with Gasteiger partial charge in [0.15, 0.2) is 0 Å². The van der Waals surface area contributed by atoms with Gasteiger partial charge in [0.25, 0.3) is 5.92 Å². The van der Waals surface area contributed by atoms with Crippen LogP contribution < -0.4 is 0 Å². The molecule has 1 aliphatic heterocycles. The molecular weight excluding hydrogens is 490 g/mol. The fourth-order valence-electron chi connectivity index (χ4n) is 5.09. The Kier molecular flexibility index (Phi) is 5.16. The fourth-order valence-corrected chi connectivity index (χ4v) is 5.86. The van der Waals surface area contributed by atoms with Crippen molar-refractivity contribution in [3.8, 4) is 33.1 Å². The molecule has 0 aliphatic carbocycles. The highest BCUT2D eigenvalue weighted by molar-refractivity contribution is 7.13. The summed E-state index contributed by atoms with van der Waals surface area (Å²) in [5.41, 5.74) is 7.93. The van der Waals surface area contributed by atoms with Gasteiger partial charge in [0.2, 0.25) is 0 Å². The van der Waals surface area contributed by atoms with E-state index >= 15 is 0 Å². The number of pyridine rings is 2. The largest absolute Gasteiger partial charge is 0.353 e. The number of nitrogens with zero attached hydrogens (tertiary/aromatic N) is 4. The summed E-state index contributed by atoms with van der Waals surface area (Å²) >= 11 is 1.72. The van der Waals surface area contributed by atoms with Gasteiger partial charge in [-0.25, -0.2) is 13.8 Å². The average Bonchev–Trinajstić information content (AvgIpc) is 3.69. The molecule has 0 bridgehead atoms. The Morgan fingerprint density at radius 1 is 1.03 bits per heavy atom. The van der Waals surface area contributed by atoms with Crippen LogP contribution in [0.25, 0.3) is 55.0 Å². The number of thiophene rings is 1. The van der Waals surface area contributed by atoms with Gasteiger partial charge in [0, 0.05) is 58.8 Å². The topological polar surface area (TPSA) is 73.5 Å². The Morgan fingerprint density at radius 3 is 2.81 bits per heavy atom. The highest BCUT2D eigenvalue weighted by atomic mass is 32.1. The summed E-state index contributed by atoms with van der Waals surface area (Å²) in [6.07, 6.45) is 3.40. The third-order valence-electron chi connectivity index (χ3n) is 6.86. The van der Waals surface area contributed by atoms with E-state index in [0.29, 0.717) is 13.1 Å². The van der Waals surface area contributed by atoms with Gasteiger partial charge in [0.1, 0.15) is 11.2 Å². The quantitative estimate of drug-likeness (QED) is 0.268. The second-order valence-electron chi connectivity index (χ2n) is 9.49. The molecule has 0 unspecified atom stereocenters. The predicted molar refractivity (Wildman–Crippen MR) is 143 cm³/mol. The van der Waals surface area contributed by atoms with E-state index in [0.717, 1.165) is 50.1 Å². The average molecular weight is 513 g/mol. The number of aromatic amines is 2. The maximum Gasteiger partial charge on any atom is 0.261 e. The molecule has 37 heavy (non-hydrogen) atoms. The highest BCUT2D eigenvalue weighted by Crippen LogP contribution is 2.36. The smallest absolute Gasteiger partial charge is 0.261 e. The lowest BCUT2D eigenvalue weighted by molar-refractivity contribution is 0.0115. The number of H-pyrrole nitrogens is 2. The van der Waals surface area contributed by atoms with E-state index < -0.39 is 5.92 Å². The second kappa shape index (κ2) is 8.57. The van der Waals surface area contributed by atoms with Gasteiger partial charge in [-0.2, -0.15) is 5.10 Å². The number of hydrogen-bond acceptors (Lipinski definition) is 5. The van der Waals surface area contributed by atoms with Crippen LogP contribution in [-0.2, 0) is 6.54 Å². The summed E-state index contributed by atoms with van der Waals surface area (Å²) in [5, 5.41) is 10.9. The number of nitrogens with one attached hydrogen (secondary N) is 2. The van der Waals surface area contributed by atoms with Gasteiger partial charge in [-0.3, -0.25) is 15.0 Å². The Labute approximate surface area is 215 Å². The molecule has 1 aliphatic rings. The van der Waals surface area contributed by atoms with Crippen LogP contribution >= 0.6 is 11.3 Å². The molecule has 1 saturated heterocycles. The molecule has 1 fully saturated rings. The zero-order chi connectivity index (χ0) is 25.0. The molecule has 6 nitrogen and oxygen atoms in total. The van der Waals surface area contributed by atoms with Gasteiger partial charge in [-0.15, -0.1) is 11.3 Å². The summed E-state index contributed by atoms with van der Waals surface area (Å²) in [4.78, 5) is 15.8. The first-order valence-corrected chi connectivity index (χ1v) is 13.0. The summed E-state index contributed by atoms with van der Waals surface area (Å²) in [6, 6.07) is 18.4. The van der Waals surface area contributed by atoms with Crippen molar-refractivity contribution in [1.82, 2.24) is 30.0 Å². The minimum absolute atomic E-state index is 0.0931. The highest BCUT2D eigenvalue weighted by Gasteiger charge is 2.37. The number of halogens is 2. The number of likely N-dealkylation sites (tertiary alicyclic amines) is 1. The van der Waals surface area contributed by atoms with Gasteiger partial charge >= 0.3 is 0 Å². The molecule has 0 saturated carbocycles. The second-order valence-corrected chi connectivity index (χ2v) is 10.4. The zero-order valence-corrected chi connectivity index (χ0v) is 20.5. The molecule has 6 heterocycles. The third kappa shape index (κ3) is 4.10. The minimum Gasteiger partial charge on any atom is -0.353 e. The van der Waals surface area contributed by atoms with Crippen molar-refractivity contribution in [2.24, 2.45) is 0 Å². The minimum atomic E-state index is -2.61. The van der Waals surface area contributed by atoms with Crippen LogP contribution in [0.5, 0.6) is 0 Å². The van der Waals surface area contributed by atoms with Crippen molar-refractivity contribution in [2.75, 3.05) is 13.1 Å². The Hall–Kier alpha value is -3.95. The van der Waals surface area contributed by atoms with Crippen molar-refractivity contribution >= 4 is 33.3 Å². The number of alkyl halides is 2. The summed E-state index contributed by atoms with van der Waals surface area (Å²) in [7, 11) is 0. The Balaban J connectivity index is 1.24. The normalized spacial score (nSPS) is 15.7. The van der Waals surface area contributed by atoms with E-state index in [4.69, 9.17) is 4.98 Å². The first-order valence-electron chi connectivity index (χ1n) is 12.1. The third-order valence-corrected chi connectivity index (χ3v) is 7.76. The number of benzene rings is 1. The number of aromatic nitrogens is 5. The van der Waals surface area contributed by atoms with Gasteiger partial charge in [-0.05, 0) is 47.3 Å². The lowest BCUT2D eigenvalue weighted by Crippen LogP contribution is -2.24. The van der Waals surface area contributed by atoms with Crippen molar-refractivity contribution in [1.29, 1.82) is 0 Å². The number of hydrogen-bond donors (Lipinski definition) is 2. The molecule has 0 atom stereocenters. The van der Waals surface area contributed by atoms with Crippen molar-refractivity contribution in [3.05, 3.63) is 77.9 Å². The molecule has 5 aromatic heterocycles. The first-order chi connectivity index (χ1) is 18.0. The molecule has 1 aromatic carbocycles. The van der Waals surface area contributed by atoms with Gasteiger partial charge in [0.05, 0.1) is 23.4 Å². The van der Waals surface area contributed by atoms with E-state index in [9.17, 15) is 8.78 Å². The molecular formula is C28H22F2N6S. The van der Waals surface area contributed by atoms with Crippen LogP contribution in [0.3, 0.4) is 0 Å². The van der Waals surface area contributed by atoms with Crippen LogP contribution in [-0.4, -0.2) is 49.1 Å². The van der Waals surface area contributed by atoms with E-state index in [1.165, 1.54) is 10.4 Å². The molecule has 2 N–H and O–H groups in total. The van der Waals surface area contributed by atoms with Crippen LogP contribution in [0.4, 0.5) is 8.78 Å². The van der Waals surface area contributed by atoms with E-state index in [2.05, 4.69) is 61.9 Å². The lowest BCUT2D eigenvalue weighted by atomic mass is 10.1. The monoisotopic (exact) mass is 512 g/mol. The molecule has 0 radical (unpaired) electrons. The fraction of sp³-hybridized carbons (Fsp3) is 0.179. The number of rotatable bonds is 5. The maximum atomic E-state index is 13.6. The molecule has 0 spiro atoms. The van der Waals surface area contributed by atoms with Crippen LogP contribution in [0.1, 0.15) is 12.0 Å². The molecule has 184 valence electrons. The predicted octanol–water partition coefficient (Wildman–Crippen LogP) is 6.74. The van der Waals surface area contributed by atoms with Gasteiger partial charge in [-0.1, -0.05) is 18.2 Å². The van der Waals surface area contributed by atoms with E-state index in [-0.39, 0.29) is 13.0 Å². The molecule has 7 rings (SSSR count). The number of fused-ring (bicyclic) bond motifs is 2. The van der Waals surface area contributed by atoms with Crippen LogP contribution in [0, 0.1) is 0 Å². The first kappa shape index (κ1) is 22.3. The molecule has 0 amide bonds. The standard InChI is InChI=1S/C28H22F2N6S/c29-28(30)8-9-36(16-28)15-17-11-18(14-31-13-17)21-6-7-23-26(33-21)27(35-34-23)24-12-20-19(25-5-2-10-37-25)3-1-4-22(20)32-24/h1-7,10-14,32H,8-9,15-16H2,(H,34,35). The van der Waals surface area contributed by atoms with Crippen LogP contribution in [0.15, 0.2) is 72.4 Å². The molecule has 6 aromatic rings. The Morgan fingerprint density at radius 2 is 1.97 bits per heavy atom. The van der Waals surface area contributed by atoms with E-state index in [1.807, 2.05) is 18.2 Å². The van der Waals surface area contributed by atoms with Crippen molar-refractivity contribution in [3.63, 3.8) is 0 Å². The Bertz CT molecular complexity index is 1740. The van der Waals surface area contributed by atoms with Crippen molar-refractivity contribution in [2.45, 2.75) is 18.9 Å². The zero-order valence-electron chi connectivity index (χ0n) is 19.7. The summed E-state index contributed by atoms with van der Waals surface area (Å²) in [5.74, 6) is -2.61. The van der Waals surface area contributed by atoms with Gasteiger partial charge < -0.3 is 4.98 Å². The van der Waals surface area contributed by atoms with Crippen LogP contribution in [0.2, 0.25) is 0 Å². The lowest BCUT2D eigenvalue weighted by Gasteiger charge is -2.15. The maximum absolute atomic E-state index is 13.6. The van der Waals surface area contributed by atoms with Crippen molar-refractivity contribution < 1.29 is 8.78 Å².